The maximum absolute atomic E-state index is 4.49. The predicted molar refractivity (Wildman–Crippen MR) is 69.8 cm³/mol. The van der Waals surface area contributed by atoms with Gasteiger partial charge in [0, 0.05) is 17.6 Å². The molecule has 15 heavy (non-hydrogen) atoms. The van der Waals surface area contributed by atoms with E-state index in [4.69, 9.17) is 0 Å². The minimum atomic E-state index is 0. The molecule has 0 aromatic carbocycles. The quantitative estimate of drug-likeness (QED) is 0.907. The van der Waals surface area contributed by atoms with E-state index in [1.807, 2.05) is 7.05 Å². The molecule has 0 atom stereocenters. The Balaban J connectivity index is 0.000000980. The molecule has 6 heteroatoms. The summed E-state index contributed by atoms with van der Waals surface area (Å²) in [6.45, 7) is 5.04. The number of halogens is 2. The van der Waals surface area contributed by atoms with Crippen molar-refractivity contribution < 1.29 is 0 Å². The Morgan fingerprint density at radius 3 is 2.67 bits per heavy atom. The van der Waals surface area contributed by atoms with E-state index in [0.29, 0.717) is 0 Å². The lowest BCUT2D eigenvalue weighted by Gasteiger charge is -1.98. The van der Waals surface area contributed by atoms with E-state index in [1.165, 1.54) is 10.6 Å². The molecule has 86 valence electrons. The molecule has 3 nitrogen and oxygen atoms in total. The monoisotopic (exact) mass is 267 g/mol. The summed E-state index contributed by atoms with van der Waals surface area (Å²) in [7, 11) is 1.96. The second kappa shape index (κ2) is 5.70. The van der Waals surface area contributed by atoms with Crippen LogP contribution in [0.25, 0.3) is 4.96 Å². The van der Waals surface area contributed by atoms with Gasteiger partial charge < -0.3 is 5.32 Å². The van der Waals surface area contributed by atoms with Crippen LogP contribution in [0, 0.1) is 13.8 Å². The number of nitrogens with one attached hydrogen (secondary N) is 1. The van der Waals surface area contributed by atoms with Gasteiger partial charge in [0.15, 0.2) is 4.96 Å². The van der Waals surface area contributed by atoms with Crippen molar-refractivity contribution in [1.82, 2.24) is 14.7 Å². The molecule has 0 radical (unpaired) electrons. The van der Waals surface area contributed by atoms with Crippen LogP contribution in [0.4, 0.5) is 0 Å². The normalized spacial score (nSPS) is 9.80. The van der Waals surface area contributed by atoms with E-state index in [0.717, 1.165) is 17.2 Å². The average Bonchev–Trinajstić information content (AvgIpc) is 2.52. The summed E-state index contributed by atoms with van der Waals surface area (Å²) in [5.74, 6) is 0. The zero-order valence-electron chi connectivity index (χ0n) is 8.90. The van der Waals surface area contributed by atoms with Crippen LogP contribution in [0.2, 0.25) is 0 Å². The number of imidazole rings is 1. The molecule has 0 aliphatic heterocycles. The van der Waals surface area contributed by atoms with E-state index in [9.17, 15) is 0 Å². The smallest absolute Gasteiger partial charge is 0.194 e. The number of hydrogen-bond donors (Lipinski definition) is 1. The van der Waals surface area contributed by atoms with Gasteiger partial charge in [-0.2, -0.15) is 0 Å². The number of aryl methyl sites for hydroxylation is 2. The SMILES string of the molecule is CNCc1c(C)nc2sc(C)cn12.Cl.Cl. The largest absolute Gasteiger partial charge is 0.314 e. The van der Waals surface area contributed by atoms with Gasteiger partial charge in [0.25, 0.3) is 0 Å². The maximum Gasteiger partial charge on any atom is 0.194 e. The fourth-order valence-corrected chi connectivity index (χ4v) is 2.38. The van der Waals surface area contributed by atoms with Gasteiger partial charge in [-0.15, -0.1) is 36.2 Å². The van der Waals surface area contributed by atoms with Crippen LogP contribution in [0.1, 0.15) is 16.3 Å². The van der Waals surface area contributed by atoms with Crippen LogP contribution >= 0.6 is 36.2 Å². The molecule has 0 saturated heterocycles. The van der Waals surface area contributed by atoms with Crippen molar-refractivity contribution in [3.63, 3.8) is 0 Å². The van der Waals surface area contributed by atoms with E-state index in [-0.39, 0.29) is 24.8 Å². The van der Waals surface area contributed by atoms with Crippen molar-refractivity contribution in [3.05, 3.63) is 22.5 Å². The molecule has 2 aromatic rings. The molecule has 0 bridgehead atoms. The molecule has 2 heterocycles. The summed E-state index contributed by atoms with van der Waals surface area (Å²) in [6, 6.07) is 0. The lowest BCUT2D eigenvalue weighted by molar-refractivity contribution is 0.776. The highest BCUT2D eigenvalue weighted by molar-refractivity contribution is 7.17. The minimum Gasteiger partial charge on any atom is -0.314 e. The molecular formula is C9H15Cl2N3S. The first-order valence-corrected chi connectivity index (χ1v) is 5.12. The third kappa shape index (κ3) is 2.64. The summed E-state index contributed by atoms with van der Waals surface area (Å²) in [5.41, 5.74) is 2.39. The Morgan fingerprint density at radius 1 is 1.40 bits per heavy atom. The Bertz CT molecular complexity index is 436. The Labute approximate surface area is 106 Å². The van der Waals surface area contributed by atoms with Crippen LogP contribution in [-0.4, -0.2) is 16.4 Å². The van der Waals surface area contributed by atoms with E-state index < -0.39 is 0 Å². The van der Waals surface area contributed by atoms with Crippen molar-refractivity contribution in [2.45, 2.75) is 20.4 Å². The highest BCUT2D eigenvalue weighted by atomic mass is 35.5. The van der Waals surface area contributed by atoms with Gasteiger partial charge in [0.05, 0.1) is 11.4 Å². The molecule has 2 aromatic heterocycles. The number of hydrogen-bond acceptors (Lipinski definition) is 3. The first kappa shape index (κ1) is 14.7. The van der Waals surface area contributed by atoms with E-state index >= 15 is 0 Å². The van der Waals surface area contributed by atoms with E-state index in [2.05, 4.69) is 34.7 Å². The second-order valence-corrected chi connectivity index (χ2v) is 4.38. The fourth-order valence-electron chi connectivity index (χ4n) is 1.49. The van der Waals surface area contributed by atoms with E-state index in [1.54, 1.807) is 11.3 Å². The highest BCUT2D eigenvalue weighted by Gasteiger charge is 2.09. The van der Waals surface area contributed by atoms with Crippen molar-refractivity contribution >= 4 is 41.1 Å². The standard InChI is InChI=1S/C9H13N3S.2ClH/c1-6-5-12-8(4-10-3)7(2)11-9(12)13-6;;/h5,10H,4H2,1-3H3;2*1H. The molecule has 2 rings (SSSR count). The summed E-state index contributed by atoms with van der Waals surface area (Å²) in [6.07, 6.45) is 2.15. The highest BCUT2D eigenvalue weighted by Crippen LogP contribution is 2.20. The number of thiazole rings is 1. The molecule has 0 unspecified atom stereocenters. The predicted octanol–water partition coefficient (Wildman–Crippen LogP) is 2.58. The van der Waals surface area contributed by atoms with Crippen molar-refractivity contribution in [2.75, 3.05) is 7.05 Å². The topological polar surface area (TPSA) is 29.3 Å². The molecule has 0 aliphatic rings. The van der Waals surface area contributed by atoms with Crippen molar-refractivity contribution in [2.24, 2.45) is 0 Å². The number of nitrogens with zero attached hydrogens (tertiary/aromatic N) is 2. The lowest BCUT2D eigenvalue weighted by Crippen LogP contribution is -2.08. The molecule has 0 fully saturated rings. The van der Waals surface area contributed by atoms with Gasteiger partial charge >= 0.3 is 0 Å². The Kier molecular flexibility index (Phi) is 5.59. The third-order valence-corrected chi connectivity index (χ3v) is 2.98. The molecule has 0 saturated carbocycles. The molecule has 1 N–H and O–H groups in total. The van der Waals surface area contributed by atoms with Gasteiger partial charge in [0.2, 0.25) is 0 Å². The van der Waals surface area contributed by atoms with Crippen LogP contribution < -0.4 is 5.32 Å². The third-order valence-electron chi connectivity index (χ3n) is 2.09. The van der Waals surface area contributed by atoms with Crippen molar-refractivity contribution in [1.29, 1.82) is 0 Å². The van der Waals surface area contributed by atoms with Crippen LogP contribution in [-0.2, 0) is 6.54 Å². The summed E-state index contributed by atoms with van der Waals surface area (Å²) >= 11 is 1.74. The zero-order chi connectivity index (χ0) is 9.42. The number of rotatable bonds is 2. The maximum atomic E-state index is 4.49. The van der Waals surface area contributed by atoms with Gasteiger partial charge in [0.1, 0.15) is 0 Å². The minimum absolute atomic E-state index is 0. The Morgan fingerprint density at radius 2 is 2.07 bits per heavy atom. The first-order chi connectivity index (χ1) is 6.22. The van der Waals surface area contributed by atoms with Crippen LogP contribution in [0.15, 0.2) is 6.20 Å². The van der Waals surface area contributed by atoms with Crippen LogP contribution in [0.3, 0.4) is 0 Å². The second-order valence-electron chi connectivity index (χ2n) is 3.17. The summed E-state index contributed by atoms with van der Waals surface area (Å²) in [4.78, 5) is 6.90. The van der Waals surface area contributed by atoms with Crippen molar-refractivity contribution in [3.8, 4) is 0 Å². The lowest BCUT2D eigenvalue weighted by atomic mass is 10.3. The van der Waals surface area contributed by atoms with Crippen LogP contribution in [0.5, 0.6) is 0 Å². The van der Waals surface area contributed by atoms with Gasteiger partial charge in [-0.1, -0.05) is 0 Å². The number of fused-ring (bicyclic) bond motifs is 1. The molecule has 0 spiro atoms. The molecular weight excluding hydrogens is 253 g/mol. The van der Waals surface area contributed by atoms with Gasteiger partial charge in [-0.05, 0) is 20.9 Å². The van der Waals surface area contributed by atoms with Gasteiger partial charge in [-0.3, -0.25) is 4.40 Å². The first-order valence-electron chi connectivity index (χ1n) is 4.31. The average molecular weight is 268 g/mol. The summed E-state index contributed by atoms with van der Waals surface area (Å²) in [5, 5.41) is 3.16. The molecule has 0 amide bonds. The van der Waals surface area contributed by atoms with Gasteiger partial charge in [-0.25, -0.2) is 4.98 Å². The Hall–Kier alpha value is -0.290. The summed E-state index contributed by atoms with van der Waals surface area (Å²) < 4.78 is 2.17. The number of aromatic nitrogens is 2. The zero-order valence-corrected chi connectivity index (χ0v) is 11.4. The fraction of sp³-hybridized carbons (Fsp3) is 0.444. The molecule has 0 aliphatic carbocycles.